The van der Waals surface area contributed by atoms with E-state index in [1.807, 2.05) is 12.1 Å². The van der Waals surface area contributed by atoms with E-state index >= 15 is 0 Å². The Balaban J connectivity index is 1.94. The lowest BCUT2D eigenvalue weighted by Gasteiger charge is -2.02. The highest BCUT2D eigenvalue weighted by atomic mass is 32.1. The van der Waals surface area contributed by atoms with E-state index in [2.05, 4.69) is 42.2 Å². The Morgan fingerprint density at radius 2 is 1.78 bits per heavy atom. The number of hydrogen-bond donors (Lipinski definition) is 1. The zero-order chi connectivity index (χ0) is 12.5. The maximum absolute atomic E-state index is 5.42. The number of aromatic amines is 1. The van der Waals surface area contributed by atoms with Crippen LogP contribution in [0.2, 0.25) is 0 Å². The van der Waals surface area contributed by atoms with Crippen LogP contribution >= 0.6 is 12.2 Å². The Hall–Kier alpha value is -1.87. The number of H-pyrrole nitrogens is 1. The Bertz CT molecular complexity index is 737. The zero-order valence-electron chi connectivity index (χ0n) is 10.1. The maximum Gasteiger partial charge on any atom is 0.266 e. The van der Waals surface area contributed by atoms with Crippen LogP contribution in [-0.4, -0.2) is 4.98 Å². The van der Waals surface area contributed by atoms with Crippen molar-refractivity contribution < 1.29 is 4.42 Å². The fourth-order valence-electron chi connectivity index (χ4n) is 2.04. The van der Waals surface area contributed by atoms with Crippen molar-refractivity contribution in [2.24, 2.45) is 0 Å². The second-order valence-electron chi connectivity index (χ2n) is 4.51. The SMILES string of the molecule is Cc1ccc(Cc2ccc3[nH]c(=S)oc3c2)cc1. The molecule has 0 radical (unpaired) electrons. The van der Waals surface area contributed by atoms with Crippen LogP contribution in [0.25, 0.3) is 11.1 Å². The van der Waals surface area contributed by atoms with Gasteiger partial charge in [0.1, 0.15) is 0 Å². The van der Waals surface area contributed by atoms with Crippen molar-refractivity contribution in [3.05, 3.63) is 64.0 Å². The van der Waals surface area contributed by atoms with Crippen molar-refractivity contribution in [2.75, 3.05) is 0 Å². The molecule has 1 N–H and O–H groups in total. The summed E-state index contributed by atoms with van der Waals surface area (Å²) in [5.74, 6) is 0. The van der Waals surface area contributed by atoms with Crippen molar-refractivity contribution in [3.63, 3.8) is 0 Å². The minimum Gasteiger partial charge on any atom is -0.429 e. The molecule has 0 saturated heterocycles. The minimum atomic E-state index is 0.428. The van der Waals surface area contributed by atoms with Crippen molar-refractivity contribution in [1.29, 1.82) is 0 Å². The van der Waals surface area contributed by atoms with Crippen molar-refractivity contribution in [2.45, 2.75) is 13.3 Å². The average molecular weight is 255 g/mol. The first kappa shape index (κ1) is 11.2. The highest BCUT2D eigenvalue weighted by Crippen LogP contribution is 2.18. The first-order valence-electron chi connectivity index (χ1n) is 5.88. The van der Waals surface area contributed by atoms with Gasteiger partial charge in [-0.2, -0.15) is 0 Å². The molecule has 0 fully saturated rings. The number of aromatic nitrogens is 1. The normalized spacial score (nSPS) is 10.9. The molecule has 0 aliphatic heterocycles. The molecule has 0 bridgehead atoms. The standard InChI is InChI=1S/C15H13NOS/c1-10-2-4-11(5-3-10)8-12-6-7-13-14(9-12)17-15(18)16-13/h2-7,9H,8H2,1H3,(H,16,18). The first-order chi connectivity index (χ1) is 8.70. The summed E-state index contributed by atoms with van der Waals surface area (Å²) in [4.78, 5) is 3.43. The molecule has 90 valence electrons. The molecule has 1 aromatic heterocycles. The lowest BCUT2D eigenvalue weighted by Crippen LogP contribution is -1.87. The van der Waals surface area contributed by atoms with E-state index in [0.717, 1.165) is 17.5 Å². The summed E-state index contributed by atoms with van der Waals surface area (Å²) < 4.78 is 5.42. The van der Waals surface area contributed by atoms with Gasteiger partial charge in [0, 0.05) is 0 Å². The van der Waals surface area contributed by atoms with Gasteiger partial charge >= 0.3 is 0 Å². The third-order valence-corrected chi connectivity index (χ3v) is 3.20. The summed E-state index contributed by atoms with van der Waals surface area (Å²) in [6.07, 6.45) is 0.906. The molecule has 0 amide bonds. The number of oxazole rings is 1. The molecule has 18 heavy (non-hydrogen) atoms. The molecule has 3 heteroatoms. The highest BCUT2D eigenvalue weighted by Gasteiger charge is 2.02. The largest absolute Gasteiger partial charge is 0.429 e. The lowest BCUT2D eigenvalue weighted by molar-refractivity contribution is 0.583. The summed E-state index contributed by atoms with van der Waals surface area (Å²) in [5.41, 5.74) is 5.58. The van der Waals surface area contributed by atoms with Crippen LogP contribution in [0.5, 0.6) is 0 Å². The number of rotatable bonds is 2. The fraction of sp³-hybridized carbons (Fsp3) is 0.133. The van der Waals surface area contributed by atoms with E-state index in [1.165, 1.54) is 16.7 Å². The summed E-state index contributed by atoms with van der Waals surface area (Å²) >= 11 is 4.98. The number of benzene rings is 2. The molecule has 0 spiro atoms. The second-order valence-corrected chi connectivity index (χ2v) is 4.88. The third-order valence-electron chi connectivity index (χ3n) is 3.01. The maximum atomic E-state index is 5.42. The number of hydrogen-bond acceptors (Lipinski definition) is 2. The molecule has 2 nitrogen and oxygen atoms in total. The summed E-state index contributed by atoms with van der Waals surface area (Å²) in [6, 6.07) is 14.7. The Labute approximate surface area is 110 Å². The molecule has 3 aromatic rings. The first-order valence-corrected chi connectivity index (χ1v) is 6.29. The smallest absolute Gasteiger partial charge is 0.266 e. The van der Waals surface area contributed by atoms with Gasteiger partial charge in [0.2, 0.25) is 0 Å². The van der Waals surface area contributed by atoms with E-state index in [1.54, 1.807) is 0 Å². The molecule has 0 aliphatic carbocycles. The number of aryl methyl sites for hydroxylation is 1. The van der Waals surface area contributed by atoms with Crippen molar-refractivity contribution in [1.82, 2.24) is 4.98 Å². The van der Waals surface area contributed by atoms with Crippen LogP contribution in [0, 0.1) is 11.8 Å². The molecule has 2 aromatic carbocycles. The number of fused-ring (bicyclic) bond motifs is 1. The highest BCUT2D eigenvalue weighted by molar-refractivity contribution is 7.71. The van der Waals surface area contributed by atoms with Crippen LogP contribution in [0.1, 0.15) is 16.7 Å². The zero-order valence-corrected chi connectivity index (χ0v) is 10.9. The van der Waals surface area contributed by atoms with E-state index in [0.29, 0.717) is 4.84 Å². The quantitative estimate of drug-likeness (QED) is 0.688. The second kappa shape index (κ2) is 4.42. The van der Waals surface area contributed by atoms with Crippen LogP contribution in [-0.2, 0) is 6.42 Å². The van der Waals surface area contributed by atoms with E-state index < -0.39 is 0 Å². The van der Waals surface area contributed by atoms with Gasteiger partial charge in [-0.25, -0.2) is 0 Å². The molecule has 3 rings (SSSR count). The monoisotopic (exact) mass is 255 g/mol. The van der Waals surface area contributed by atoms with Gasteiger partial charge in [-0.1, -0.05) is 35.9 Å². The molecule has 0 unspecified atom stereocenters. The predicted molar refractivity (Wildman–Crippen MR) is 75.4 cm³/mol. The van der Waals surface area contributed by atoms with Crippen molar-refractivity contribution in [3.8, 4) is 0 Å². The van der Waals surface area contributed by atoms with Gasteiger partial charge in [0.05, 0.1) is 5.52 Å². The van der Waals surface area contributed by atoms with Crippen LogP contribution in [0.3, 0.4) is 0 Å². The van der Waals surface area contributed by atoms with Crippen LogP contribution in [0.15, 0.2) is 46.9 Å². The fourth-order valence-corrected chi connectivity index (χ4v) is 2.24. The summed E-state index contributed by atoms with van der Waals surface area (Å²) in [5, 5.41) is 0. The molecular weight excluding hydrogens is 242 g/mol. The van der Waals surface area contributed by atoms with Gasteiger partial charge in [0.25, 0.3) is 4.84 Å². The number of nitrogens with one attached hydrogen (secondary N) is 1. The van der Waals surface area contributed by atoms with Crippen molar-refractivity contribution >= 4 is 23.3 Å². The van der Waals surface area contributed by atoms with Crippen LogP contribution in [0.4, 0.5) is 0 Å². The Kier molecular flexibility index (Phi) is 2.76. The van der Waals surface area contributed by atoms with Gasteiger partial charge in [0.15, 0.2) is 5.58 Å². The van der Waals surface area contributed by atoms with Gasteiger partial charge in [-0.3, -0.25) is 0 Å². The predicted octanol–water partition coefficient (Wildman–Crippen LogP) is 4.39. The Morgan fingerprint density at radius 1 is 1.06 bits per heavy atom. The van der Waals surface area contributed by atoms with E-state index in [-0.39, 0.29) is 0 Å². The minimum absolute atomic E-state index is 0.428. The third kappa shape index (κ3) is 2.22. The summed E-state index contributed by atoms with van der Waals surface area (Å²) in [6.45, 7) is 2.10. The van der Waals surface area contributed by atoms with E-state index in [4.69, 9.17) is 16.6 Å². The van der Waals surface area contributed by atoms with E-state index in [9.17, 15) is 0 Å². The molecule has 0 atom stereocenters. The van der Waals surface area contributed by atoms with Gasteiger partial charge in [-0.05, 0) is 48.8 Å². The van der Waals surface area contributed by atoms with Gasteiger partial charge in [-0.15, -0.1) is 0 Å². The summed E-state index contributed by atoms with van der Waals surface area (Å²) in [7, 11) is 0. The Morgan fingerprint density at radius 3 is 2.56 bits per heavy atom. The molecule has 0 saturated carbocycles. The lowest BCUT2D eigenvalue weighted by atomic mass is 10.0. The molecular formula is C15H13NOS. The van der Waals surface area contributed by atoms with Crippen LogP contribution < -0.4 is 0 Å². The average Bonchev–Trinajstić information content (AvgIpc) is 2.71. The van der Waals surface area contributed by atoms with Gasteiger partial charge < -0.3 is 9.40 Å². The molecule has 0 aliphatic rings. The topological polar surface area (TPSA) is 28.9 Å². The molecule has 1 heterocycles.